The third kappa shape index (κ3) is 7.15. The minimum Gasteiger partial charge on any atom is -0.390 e. The van der Waals surface area contributed by atoms with Crippen molar-refractivity contribution < 1.29 is 23.2 Å². The number of hydrogen-bond donors (Lipinski definition) is 3. The molecular formula is C29H33F2N5O3S. The predicted molar refractivity (Wildman–Crippen MR) is 149 cm³/mol. The Morgan fingerprint density at radius 3 is 2.48 bits per heavy atom. The zero-order valence-corrected chi connectivity index (χ0v) is 23.7. The molecule has 0 saturated carbocycles. The van der Waals surface area contributed by atoms with Crippen LogP contribution < -0.4 is 10.6 Å². The number of aryl methyl sites for hydroxylation is 2. The molecule has 0 bridgehead atoms. The van der Waals surface area contributed by atoms with Crippen LogP contribution >= 0.6 is 11.5 Å². The lowest BCUT2D eigenvalue weighted by Gasteiger charge is -2.25. The van der Waals surface area contributed by atoms with Crippen molar-refractivity contribution in [3.63, 3.8) is 0 Å². The van der Waals surface area contributed by atoms with E-state index in [9.17, 15) is 18.7 Å². The second-order valence-corrected chi connectivity index (χ2v) is 10.8. The van der Waals surface area contributed by atoms with Crippen molar-refractivity contribution in [2.45, 2.75) is 65.1 Å². The van der Waals surface area contributed by atoms with Crippen molar-refractivity contribution in [1.82, 2.24) is 25.4 Å². The maximum atomic E-state index is 14.0. The second kappa shape index (κ2) is 13.2. The fraction of sp³-hybridized carbons (Fsp3) is 0.379. The molecule has 40 heavy (non-hydrogen) atoms. The number of benzene rings is 2. The second-order valence-electron chi connectivity index (χ2n) is 10.0. The van der Waals surface area contributed by atoms with Crippen LogP contribution in [0.25, 0.3) is 10.6 Å². The first-order valence-corrected chi connectivity index (χ1v) is 13.9. The fourth-order valence-electron chi connectivity index (χ4n) is 4.48. The van der Waals surface area contributed by atoms with Crippen molar-refractivity contribution >= 4 is 17.4 Å². The number of aliphatic hydroxyl groups excluding tert-OH is 1. The molecule has 2 heterocycles. The van der Waals surface area contributed by atoms with Crippen molar-refractivity contribution in [3.05, 3.63) is 87.7 Å². The summed E-state index contributed by atoms with van der Waals surface area (Å²) >= 11 is 1.08. The van der Waals surface area contributed by atoms with Gasteiger partial charge >= 0.3 is 0 Å². The van der Waals surface area contributed by atoms with E-state index in [1.165, 1.54) is 17.7 Å². The van der Waals surface area contributed by atoms with Gasteiger partial charge in [-0.3, -0.25) is 4.79 Å². The Morgan fingerprint density at radius 1 is 1.10 bits per heavy atom. The average Bonchev–Trinajstić information content (AvgIpc) is 3.54. The Morgan fingerprint density at radius 2 is 1.82 bits per heavy atom. The number of aromatic nitrogens is 3. The van der Waals surface area contributed by atoms with Crippen LogP contribution in [-0.2, 0) is 19.4 Å². The third-order valence-electron chi connectivity index (χ3n) is 6.59. The summed E-state index contributed by atoms with van der Waals surface area (Å²) in [6.45, 7) is 8.24. The van der Waals surface area contributed by atoms with E-state index in [1.54, 1.807) is 6.92 Å². The summed E-state index contributed by atoms with van der Waals surface area (Å²) in [5.74, 6) is -1.89. The Labute approximate surface area is 236 Å². The van der Waals surface area contributed by atoms with E-state index in [1.807, 2.05) is 26.0 Å². The van der Waals surface area contributed by atoms with E-state index in [0.29, 0.717) is 28.4 Å². The molecule has 3 N–H and O–H groups in total. The average molecular weight is 570 g/mol. The van der Waals surface area contributed by atoms with E-state index in [2.05, 4.69) is 44.4 Å². The van der Waals surface area contributed by atoms with Gasteiger partial charge in [0, 0.05) is 19.2 Å². The van der Waals surface area contributed by atoms with Gasteiger partial charge in [-0.15, -0.1) is 5.10 Å². The van der Waals surface area contributed by atoms with Gasteiger partial charge in [0.05, 0.1) is 23.5 Å². The van der Waals surface area contributed by atoms with Gasteiger partial charge in [-0.25, -0.2) is 8.78 Å². The van der Waals surface area contributed by atoms with Gasteiger partial charge < -0.3 is 20.3 Å². The molecule has 2 aromatic carbocycles. The molecule has 0 aliphatic heterocycles. The highest BCUT2D eigenvalue weighted by Gasteiger charge is 2.31. The lowest BCUT2D eigenvalue weighted by atomic mass is 9.98. The Bertz CT molecular complexity index is 1430. The number of nitrogens with one attached hydrogen (secondary N) is 2. The van der Waals surface area contributed by atoms with Gasteiger partial charge in [0.2, 0.25) is 0 Å². The molecule has 4 rings (SSSR count). The summed E-state index contributed by atoms with van der Waals surface area (Å²) in [6.07, 6.45) is -0.176. The first-order chi connectivity index (χ1) is 19.2. The number of aliphatic hydroxyl groups is 1. The van der Waals surface area contributed by atoms with Gasteiger partial charge in [-0.1, -0.05) is 54.7 Å². The number of carbonyl (C=O) groups is 1. The first kappa shape index (κ1) is 29.4. The number of carbonyl (C=O) groups excluding carboxylic acids is 1. The maximum Gasteiger partial charge on any atom is 0.257 e. The number of hydrogen-bond acceptors (Lipinski definition) is 8. The van der Waals surface area contributed by atoms with Crippen molar-refractivity contribution in [2.24, 2.45) is 0 Å². The normalized spacial score (nSPS) is 13.0. The van der Waals surface area contributed by atoms with Gasteiger partial charge in [0.25, 0.3) is 5.91 Å². The fourth-order valence-corrected chi connectivity index (χ4v) is 5.12. The van der Waals surface area contributed by atoms with Crippen LogP contribution in [0.2, 0.25) is 0 Å². The highest BCUT2D eigenvalue weighted by molar-refractivity contribution is 7.09. The van der Waals surface area contributed by atoms with Gasteiger partial charge in [0.15, 0.2) is 5.76 Å². The molecule has 0 saturated heterocycles. The quantitative estimate of drug-likeness (QED) is 0.221. The van der Waals surface area contributed by atoms with Gasteiger partial charge in [0.1, 0.15) is 22.1 Å². The SMILES string of the molecule is CCc1cccc(CNC[C@@H](O)[C@H](Cc2cc(F)cc(F)c2)NC(=O)c2c(C(C)C)noc2-c2snnc2C)c1. The molecule has 0 spiro atoms. The summed E-state index contributed by atoms with van der Waals surface area (Å²) in [7, 11) is 0. The topological polar surface area (TPSA) is 113 Å². The minimum absolute atomic E-state index is 0.00659. The van der Waals surface area contributed by atoms with Crippen LogP contribution in [0.1, 0.15) is 65.1 Å². The predicted octanol–water partition coefficient (Wildman–Crippen LogP) is 4.96. The molecule has 0 fully saturated rings. The Kier molecular flexibility index (Phi) is 9.72. The molecule has 8 nitrogen and oxygen atoms in total. The van der Waals surface area contributed by atoms with Crippen LogP contribution in [0.5, 0.6) is 0 Å². The summed E-state index contributed by atoms with van der Waals surface area (Å²) in [4.78, 5) is 14.3. The number of halogens is 2. The van der Waals surface area contributed by atoms with E-state index in [0.717, 1.165) is 29.6 Å². The standard InChI is InChI=1S/C29H33F2N5O3S/c1-5-18-7-6-8-19(9-18)14-32-15-24(37)23(12-20-10-21(30)13-22(31)11-20)33-29(38)25-26(16(2)3)35-39-27(25)28-17(4)34-36-40-28/h6-11,13,16,23-24,32,37H,5,12,14-15H2,1-4H3,(H,33,38)/t23-,24+/m0/s1. The summed E-state index contributed by atoms with van der Waals surface area (Å²) < 4.78 is 37.5. The number of nitrogens with zero attached hydrogens (tertiary/aromatic N) is 3. The lowest BCUT2D eigenvalue weighted by molar-refractivity contribution is 0.0829. The molecule has 11 heteroatoms. The lowest BCUT2D eigenvalue weighted by Crippen LogP contribution is -2.49. The molecule has 1 amide bonds. The molecule has 0 aliphatic carbocycles. The summed E-state index contributed by atoms with van der Waals surface area (Å²) in [5.41, 5.74) is 3.82. The monoisotopic (exact) mass is 569 g/mol. The summed E-state index contributed by atoms with van der Waals surface area (Å²) in [5, 5.41) is 25.4. The molecule has 0 aliphatic rings. The highest BCUT2D eigenvalue weighted by Crippen LogP contribution is 2.33. The van der Waals surface area contributed by atoms with E-state index < -0.39 is 29.7 Å². The van der Waals surface area contributed by atoms with Gasteiger partial charge in [-0.2, -0.15) is 0 Å². The number of amides is 1. The summed E-state index contributed by atoms with van der Waals surface area (Å²) in [6, 6.07) is 10.4. The van der Waals surface area contributed by atoms with Crippen molar-refractivity contribution in [3.8, 4) is 10.6 Å². The van der Waals surface area contributed by atoms with E-state index >= 15 is 0 Å². The largest absolute Gasteiger partial charge is 0.390 e. The molecular weight excluding hydrogens is 536 g/mol. The van der Waals surface area contributed by atoms with E-state index in [-0.39, 0.29) is 30.2 Å². The molecule has 212 valence electrons. The Hall–Kier alpha value is -3.54. The van der Waals surface area contributed by atoms with Crippen LogP contribution in [0.3, 0.4) is 0 Å². The van der Waals surface area contributed by atoms with Crippen LogP contribution in [0.4, 0.5) is 8.78 Å². The first-order valence-electron chi connectivity index (χ1n) is 13.2. The third-order valence-corrected chi connectivity index (χ3v) is 7.42. The minimum atomic E-state index is -1.08. The Balaban J connectivity index is 1.58. The van der Waals surface area contributed by atoms with Crippen LogP contribution in [0.15, 0.2) is 47.0 Å². The zero-order valence-electron chi connectivity index (χ0n) is 22.9. The highest BCUT2D eigenvalue weighted by atomic mass is 32.1. The maximum absolute atomic E-state index is 14.0. The van der Waals surface area contributed by atoms with Gasteiger partial charge in [-0.05, 0) is 66.0 Å². The molecule has 2 atom stereocenters. The molecule has 0 unspecified atom stereocenters. The number of rotatable bonds is 12. The van der Waals surface area contributed by atoms with Crippen molar-refractivity contribution in [1.29, 1.82) is 0 Å². The van der Waals surface area contributed by atoms with Crippen LogP contribution in [0, 0.1) is 18.6 Å². The molecule has 0 radical (unpaired) electrons. The molecule has 4 aromatic rings. The van der Waals surface area contributed by atoms with E-state index in [4.69, 9.17) is 4.52 Å². The molecule has 2 aromatic heterocycles. The van der Waals surface area contributed by atoms with Crippen molar-refractivity contribution in [2.75, 3.05) is 6.54 Å². The van der Waals surface area contributed by atoms with Crippen LogP contribution in [-0.4, -0.2) is 44.4 Å². The zero-order chi connectivity index (χ0) is 28.8. The smallest absolute Gasteiger partial charge is 0.257 e.